The Kier molecular flexibility index (Phi) is 6.71. The van der Waals surface area contributed by atoms with E-state index in [4.69, 9.17) is 0 Å². The number of nitrogens with zero attached hydrogens (tertiary/aromatic N) is 2. The van der Waals surface area contributed by atoms with E-state index < -0.39 is 0 Å². The predicted octanol–water partition coefficient (Wildman–Crippen LogP) is 1.77. The zero-order valence-corrected chi connectivity index (χ0v) is 13.4. The maximum atomic E-state index is 11.8. The highest BCUT2D eigenvalue weighted by Crippen LogP contribution is 2.12. The Labute approximate surface area is 122 Å². The molecule has 1 heterocycles. The van der Waals surface area contributed by atoms with Crippen molar-refractivity contribution >= 4 is 5.91 Å². The SMILES string of the molecule is CCCNC(=O)Cn1nc(C)c(CNCC(C)C)c1C. The van der Waals surface area contributed by atoms with E-state index in [1.807, 2.05) is 20.8 Å². The van der Waals surface area contributed by atoms with Gasteiger partial charge in [0.2, 0.25) is 5.91 Å². The third kappa shape index (κ3) is 4.96. The molecule has 1 rings (SSSR count). The lowest BCUT2D eigenvalue weighted by atomic mass is 10.2. The normalized spacial score (nSPS) is 11.1. The van der Waals surface area contributed by atoms with E-state index in [-0.39, 0.29) is 5.91 Å². The molecule has 0 aliphatic carbocycles. The molecular weight excluding hydrogens is 252 g/mol. The molecule has 0 aliphatic rings. The Morgan fingerprint density at radius 2 is 2.05 bits per heavy atom. The number of nitrogens with one attached hydrogen (secondary N) is 2. The van der Waals surface area contributed by atoms with Crippen molar-refractivity contribution in [2.24, 2.45) is 5.92 Å². The lowest BCUT2D eigenvalue weighted by Crippen LogP contribution is -2.29. The quantitative estimate of drug-likeness (QED) is 0.763. The molecule has 0 aromatic carbocycles. The third-order valence-corrected chi connectivity index (χ3v) is 3.25. The molecule has 0 fully saturated rings. The second-order valence-electron chi connectivity index (χ2n) is 5.68. The summed E-state index contributed by atoms with van der Waals surface area (Å²) in [7, 11) is 0. The van der Waals surface area contributed by atoms with Gasteiger partial charge in [-0.15, -0.1) is 0 Å². The second-order valence-corrected chi connectivity index (χ2v) is 5.68. The highest BCUT2D eigenvalue weighted by atomic mass is 16.2. The molecule has 0 radical (unpaired) electrons. The molecule has 114 valence electrons. The third-order valence-electron chi connectivity index (χ3n) is 3.25. The van der Waals surface area contributed by atoms with Crippen molar-refractivity contribution in [1.29, 1.82) is 0 Å². The standard InChI is InChI=1S/C15H28N4O/c1-6-7-17-15(20)10-19-13(5)14(12(4)18-19)9-16-8-11(2)3/h11,16H,6-10H2,1-5H3,(H,17,20). The van der Waals surface area contributed by atoms with Crippen molar-refractivity contribution in [2.75, 3.05) is 13.1 Å². The first-order chi connectivity index (χ1) is 9.45. The van der Waals surface area contributed by atoms with Gasteiger partial charge in [-0.3, -0.25) is 9.48 Å². The van der Waals surface area contributed by atoms with Gasteiger partial charge in [-0.25, -0.2) is 0 Å². The molecular formula is C15H28N4O. The Bertz CT molecular complexity index is 437. The fourth-order valence-electron chi connectivity index (χ4n) is 2.09. The maximum Gasteiger partial charge on any atom is 0.241 e. The number of amides is 1. The van der Waals surface area contributed by atoms with Gasteiger partial charge < -0.3 is 10.6 Å². The molecule has 0 unspecified atom stereocenters. The predicted molar refractivity (Wildman–Crippen MR) is 81.5 cm³/mol. The lowest BCUT2D eigenvalue weighted by molar-refractivity contribution is -0.121. The number of rotatable bonds is 8. The van der Waals surface area contributed by atoms with Crippen molar-refractivity contribution in [1.82, 2.24) is 20.4 Å². The van der Waals surface area contributed by atoms with Crippen molar-refractivity contribution in [3.8, 4) is 0 Å². The first kappa shape index (κ1) is 16.7. The largest absolute Gasteiger partial charge is 0.355 e. The van der Waals surface area contributed by atoms with Crippen LogP contribution in [0.4, 0.5) is 0 Å². The summed E-state index contributed by atoms with van der Waals surface area (Å²) >= 11 is 0. The average molecular weight is 280 g/mol. The van der Waals surface area contributed by atoms with E-state index in [1.165, 1.54) is 5.56 Å². The Morgan fingerprint density at radius 3 is 2.65 bits per heavy atom. The van der Waals surface area contributed by atoms with Gasteiger partial charge in [0.15, 0.2) is 0 Å². The van der Waals surface area contributed by atoms with Crippen LogP contribution in [0.3, 0.4) is 0 Å². The number of carbonyl (C=O) groups excluding carboxylic acids is 1. The van der Waals surface area contributed by atoms with Crippen LogP contribution in [-0.4, -0.2) is 28.8 Å². The van der Waals surface area contributed by atoms with Gasteiger partial charge in [0, 0.05) is 24.3 Å². The van der Waals surface area contributed by atoms with Gasteiger partial charge in [-0.1, -0.05) is 20.8 Å². The van der Waals surface area contributed by atoms with Gasteiger partial charge in [-0.05, 0) is 32.7 Å². The fourth-order valence-corrected chi connectivity index (χ4v) is 2.09. The molecule has 0 atom stereocenters. The van der Waals surface area contributed by atoms with Crippen molar-refractivity contribution < 1.29 is 4.79 Å². The number of aromatic nitrogens is 2. The van der Waals surface area contributed by atoms with Gasteiger partial charge >= 0.3 is 0 Å². The highest BCUT2D eigenvalue weighted by molar-refractivity contribution is 5.75. The molecule has 5 nitrogen and oxygen atoms in total. The molecule has 2 N–H and O–H groups in total. The van der Waals surface area contributed by atoms with Crippen LogP contribution in [0.15, 0.2) is 0 Å². The highest BCUT2D eigenvalue weighted by Gasteiger charge is 2.13. The summed E-state index contributed by atoms with van der Waals surface area (Å²) in [5.74, 6) is 0.657. The topological polar surface area (TPSA) is 59.0 Å². The first-order valence-corrected chi connectivity index (χ1v) is 7.46. The summed E-state index contributed by atoms with van der Waals surface area (Å²) in [6.07, 6.45) is 0.952. The summed E-state index contributed by atoms with van der Waals surface area (Å²) in [4.78, 5) is 11.8. The van der Waals surface area contributed by atoms with Crippen LogP contribution in [0.25, 0.3) is 0 Å². The monoisotopic (exact) mass is 280 g/mol. The smallest absolute Gasteiger partial charge is 0.241 e. The molecule has 0 bridgehead atoms. The average Bonchev–Trinajstić information content (AvgIpc) is 2.63. The Hall–Kier alpha value is -1.36. The maximum absolute atomic E-state index is 11.8. The summed E-state index contributed by atoms with van der Waals surface area (Å²) in [5, 5.41) is 10.8. The van der Waals surface area contributed by atoms with Crippen LogP contribution < -0.4 is 10.6 Å². The van der Waals surface area contributed by atoms with E-state index in [0.29, 0.717) is 12.5 Å². The van der Waals surface area contributed by atoms with Crippen LogP contribution in [0.1, 0.15) is 44.1 Å². The number of hydrogen-bond donors (Lipinski definition) is 2. The Balaban J connectivity index is 2.63. The molecule has 0 saturated carbocycles. The van der Waals surface area contributed by atoms with E-state index in [2.05, 4.69) is 29.6 Å². The molecule has 1 amide bonds. The van der Waals surface area contributed by atoms with Gasteiger partial charge in [0.1, 0.15) is 6.54 Å². The van der Waals surface area contributed by atoms with Crippen LogP contribution in [0.5, 0.6) is 0 Å². The van der Waals surface area contributed by atoms with Crippen LogP contribution in [0.2, 0.25) is 0 Å². The van der Waals surface area contributed by atoms with Crippen molar-refractivity contribution in [2.45, 2.75) is 54.1 Å². The van der Waals surface area contributed by atoms with E-state index >= 15 is 0 Å². The minimum absolute atomic E-state index is 0.0270. The zero-order valence-electron chi connectivity index (χ0n) is 13.4. The van der Waals surface area contributed by atoms with Gasteiger partial charge in [0.05, 0.1) is 5.69 Å². The minimum Gasteiger partial charge on any atom is -0.355 e. The van der Waals surface area contributed by atoms with E-state index in [0.717, 1.165) is 37.4 Å². The number of hydrogen-bond acceptors (Lipinski definition) is 3. The van der Waals surface area contributed by atoms with Crippen molar-refractivity contribution in [3.63, 3.8) is 0 Å². The second kappa shape index (κ2) is 8.04. The molecule has 5 heteroatoms. The molecule has 0 spiro atoms. The molecule has 1 aromatic heterocycles. The van der Waals surface area contributed by atoms with Crippen LogP contribution in [0, 0.1) is 19.8 Å². The summed E-state index contributed by atoms with van der Waals surface area (Å²) in [5.41, 5.74) is 3.28. The van der Waals surface area contributed by atoms with E-state index in [9.17, 15) is 4.79 Å². The zero-order chi connectivity index (χ0) is 15.1. The summed E-state index contributed by atoms with van der Waals surface area (Å²) in [6.45, 7) is 13.3. The lowest BCUT2D eigenvalue weighted by Gasteiger charge is -2.08. The minimum atomic E-state index is 0.0270. The molecule has 1 aromatic rings. The molecule has 20 heavy (non-hydrogen) atoms. The number of carbonyl (C=O) groups is 1. The van der Waals surface area contributed by atoms with Crippen LogP contribution in [-0.2, 0) is 17.9 Å². The van der Waals surface area contributed by atoms with Gasteiger partial charge in [0.25, 0.3) is 0 Å². The van der Waals surface area contributed by atoms with Crippen molar-refractivity contribution in [3.05, 3.63) is 17.0 Å². The van der Waals surface area contributed by atoms with Gasteiger partial charge in [-0.2, -0.15) is 5.10 Å². The number of aryl methyl sites for hydroxylation is 1. The van der Waals surface area contributed by atoms with E-state index in [1.54, 1.807) is 4.68 Å². The molecule has 0 saturated heterocycles. The molecule has 0 aliphatic heterocycles. The van der Waals surface area contributed by atoms with Crippen LogP contribution >= 0.6 is 0 Å². The Morgan fingerprint density at radius 1 is 1.35 bits per heavy atom. The fraction of sp³-hybridized carbons (Fsp3) is 0.733. The summed E-state index contributed by atoms with van der Waals surface area (Å²) in [6, 6.07) is 0. The first-order valence-electron chi connectivity index (χ1n) is 7.46. The summed E-state index contributed by atoms with van der Waals surface area (Å²) < 4.78 is 1.80.